The first-order valence-corrected chi connectivity index (χ1v) is 11.3. The van der Waals surface area contributed by atoms with Gasteiger partial charge < -0.3 is 4.74 Å². The van der Waals surface area contributed by atoms with E-state index in [9.17, 15) is 4.39 Å². The smallest absolute Gasteiger partial charge is 0.199 e. The molecule has 0 bridgehead atoms. The molecule has 2 atom stereocenters. The van der Waals surface area contributed by atoms with Crippen LogP contribution >= 0.6 is 12.2 Å². The average molecular weight is 439 g/mol. The third-order valence-corrected chi connectivity index (χ3v) is 6.86. The van der Waals surface area contributed by atoms with Crippen molar-refractivity contribution >= 4 is 12.2 Å². The standard InChI is InChI=1S/C24H27FN4OS/c1-27(22-13-10-17-5-2-3-7-21(17)22)16-29-24(31)28(15-20-6-4-14-30-20)23(26-29)18-8-11-19(25)12-9-18/h2-3,5,7-9,11-12,20,22H,4,6,10,13-16H2,1H3. The van der Waals surface area contributed by atoms with Crippen LogP contribution in [0.5, 0.6) is 0 Å². The fourth-order valence-electron chi connectivity index (χ4n) is 4.80. The minimum atomic E-state index is -0.257. The van der Waals surface area contributed by atoms with Crippen molar-refractivity contribution < 1.29 is 9.13 Å². The van der Waals surface area contributed by atoms with Crippen molar-refractivity contribution in [3.8, 4) is 11.4 Å². The Bertz CT molecular complexity index is 1120. The van der Waals surface area contributed by atoms with Gasteiger partial charge in [-0.3, -0.25) is 9.47 Å². The molecule has 3 aromatic rings. The van der Waals surface area contributed by atoms with Crippen molar-refractivity contribution in [2.45, 2.75) is 51.0 Å². The number of nitrogens with zero attached hydrogens (tertiary/aromatic N) is 4. The second-order valence-electron chi connectivity index (χ2n) is 8.51. The molecule has 5 nitrogen and oxygen atoms in total. The molecule has 1 fully saturated rings. The van der Waals surface area contributed by atoms with Crippen LogP contribution in [0, 0.1) is 10.6 Å². The van der Waals surface area contributed by atoms with Gasteiger partial charge in [0.2, 0.25) is 0 Å². The van der Waals surface area contributed by atoms with Crippen LogP contribution in [0.1, 0.15) is 36.4 Å². The molecule has 0 N–H and O–H groups in total. The number of fused-ring (bicyclic) bond motifs is 1. The maximum atomic E-state index is 13.5. The summed E-state index contributed by atoms with van der Waals surface area (Å²) in [6, 6.07) is 15.5. The molecule has 162 valence electrons. The third-order valence-electron chi connectivity index (χ3n) is 6.43. The van der Waals surface area contributed by atoms with Crippen molar-refractivity contribution in [3.63, 3.8) is 0 Å². The fraction of sp³-hybridized carbons (Fsp3) is 0.417. The van der Waals surface area contributed by atoms with Gasteiger partial charge >= 0.3 is 0 Å². The van der Waals surface area contributed by atoms with Crippen molar-refractivity contribution in [2.75, 3.05) is 13.7 Å². The number of benzene rings is 2. The van der Waals surface area contributed by atoms with Crippen LogP contribution in [0.4, 0.5) is 4.39 Å². The topological polar surface area (TPSA) is 35.2 Å². The predicted octanol–water partition coefficient (Wildman–Crippen LogP) is 4.98. The lowest BCUT2D eigenvalue weighted by molar-refractivity contribution is 0.0966. The lowest BCUT2D eigenvalue weighted by atomic mass is 10.1. The molecule has 0 saturated carbocycles. The summed E-state index contributed by atoms with van der Waals surface area (Å²) in [6.45, 7) is 2.06. The Balaban J connectivity index is 1.46. The summed E-state index contributed by atoms with van der Waals surface area (Å²) in [5.74, 6) is 0.507. The first kappa shape index (κ1) is 20.5. The van der Waals surface area contributed by atoms with Crippen molar-refractivity contribution in [3.05, 3.63) is 70.2 Å². The Kier molecular flexibility index (Phi) is 5.73. The van der Waals surface area contributed by atoms with Gasteiger partial charge in [0, 0.05) is 18.2 Å². The molecule has 2 aromatic carbocycles. The normalized spacial score (nSPS) is 20.5. The van der Waals surface area contributed by atoms with E-state index in [1.807, 2.05) is 4.68 Å². The molecule has 1 aromatic heterocycles. The van der Waals surface area contributed by atoms with Gasteiger partial charge in [0.15, 0.2) is 10.6 Å². The first-order valence-electron chi connectivity index (χ1n) is 10.9. The quantitative estimate of drug-likeness (QED) is 0.509. The molecule has 0 amide bonds. The highest BCUT2D eigenvalue weighted by molar-refractivity contribution is 7.71. The molecule has 1 aliphatic heterocycles. The van der Waals surface area contributed by atoms with E-state index < -0.39 is 0 Å². The highest BCUT2D eigenvalue weighted by Gasteiger charge is 2.27. The number of hydrogen-bond acceptors (Lipinski definition) is 4. The maximum Gasteiger partial charge on any atom is 0.199 e. The molecule has 2 unspecified atom stereocenters. The predicted molar refractivity (Wildman–Crippen MR) is 121 cm³/mol. The van der Waals surface area contributed by atoms with E-state index in [0.29, 0.717) is 24.0 Å². The molecular formula is C24H27FN4OS. The first-order chi connectivity index (χ1) is 15.1. The summed E-state index contributed by atoms with van der Waals surface area (Å²) in [7, 11) is 2.13. The summed E-state index contributed by atoms with van der Waals surface area (Å²) in [4.78, 5) is 2.32. The monoisotopic (exact) mass is 438 g/mol. The molecule has 0 radical (unpaired) electrons. The fourth-order valence-corrected chi connectivity index (χ4v) is 5.06. The van der Waals surface area contributed by atoms with Crippen LogP contribution < -0.4 is 0 Å². The Hall–Kier alpha value is -2.35. The van der Waals surface area contributed by atoms with Crippen LogP contribution in [0.15, 0.2) is 48.5 Å². The van der Waals surface area contributed by atoms with Gasteiger partial charge in [-0.1, -0.05) is 24.3 Å². The lowest BCUT2D eigenvalue weighted by Gasteiger charge is -2.24. The van der Waals surface area contributed by atoms with E-state index in [2.05, 4.69) is 40.8 Å². The second-order valence-corrected chi connectivity index (χ2v) is 8.88. The highest BCUT2D eigenvalue weighted by Crippen LogP contribution is 2.35. The van der Waals surface area contributed by atoms with E-state index in [1.165, 1.54) is 23.3 Å². The Morgan fingerprint density at radius 2 is 1.97 bits per heavy atom. The summed E-state index contributed by atoms with van der Waals surface area (Å²) in [5, 5.41) is 4.87. The third kappa shape index (κ3) is 4.10. The number of aromatic nitrogens is 3. The molecule has 1 aliphatic carbocycles. The Labute approximate surface area is 187 Å². The van der Waals surface area contributed by atoms with E-state index in [1.54, 1.807) is 12.1 Å². The van der Waals surface area contributed by atoms with Gasteiger partial charge in [0.1, 0.15) is 5.82 Å². The number of hydrogen-bond donors (Lipinski definition) is 0. The Morgan fingerprint density at radius 3 is 2.74 bits per heavy atom. The van der Waals surface area contributed by atoms with Gasteiger partial charge in [-0.05, 0) is 80.3 Å². The molecule has 2 aliphatic rings. The van der Waals surface area contributed by atoms with Crippen LogP contribution in [0.25, 0.3) is 11.4 Å². The molecule has 31 heavy (non-hydrogen) atoms. The minimum absolute atomic E-state index is 0.142. The van der Waals surface area contributed by atoms with E-state index in [-0.39, 0.29) is 11.9 Å². The zero-order valence-electron chi connectivity index (χ0n) is 17.7. The number of rotatable bonds is 6. The summed E-state index contributed by atoms with van der Waals surface area (Å²) in [5.41, 5.74) is 3.69. The number of ether oxygens (including phenoxy) is 1. The SMILES string of the molecule is CN(Cn1nc(-c2ccc(F)cc2)n(CC2CCCO2)c1=S)C1CCc2ccccc21. The largest absolute Gasteiger partial charge is 0.376 e. The highest BCUT2D eigenvalue weighted by atomic mass is 32.1. The van der Waals surface area contributed by atoms with Crippen LogP contribution in [-0.4, -0.2) is 39.0 Å². The van der Waals surface area contributed by atoms with Gasteiger partial charge in [0.05, 0.1) is 19.3 Å². The van der Waals surface area contributed by atoms with Crippen molar-refractivity contribution in [1.29, 1.82) is 0 Å². The van der Waals surface area contributed by atoms with Gasteiger partial charge in [-0.25, -0.2) is 9.07 Å². The van der Waals surface area contributed by atoms with Crippen LogP contribution in [-0.2, 0) is 24.4 Å². The van der Waals surface area contributed by atoms with Crippen molar-refractivity contribution in [1.82, 2.24) is 19.2 Å². The lowest BCUT2D eigenvalue weighted by Crippen LogP contribution is -2.26. The zero-order chi connectivity index (χ0) is 21.4. The summed E-state index contributed by atoms with van der Waals surface area (Å²) in [6.07, 6.45) is 4.44. The Morgan fingerprint density at radius 1 is 1.16 bits per heavy atom. The van der Waals surface area contributed by atoms with E-state index in [0.717, 1.165) is 43.7 Å². The summed E-state index contributed by atoms with van der Waals surface area (Å²) < 4.78 is 24.0. The molecule has 2 heterocycles. The molecule has 7 heteroatoms. The molecular weight excluding hydrogens is 411 g/mol. The van der Waals surface area contributed by atoms with Crippen LogP contribution in [0.3, 0.4) is 0 Å². The van der Waals surface area contributed by atoms with Gasteiger partial charge in [-0.2, -0.15) is 5.10 Å². The zero-order valence-corrected chi connectivity index (χ0v) is 18.5. The average Bonchev–Trinajstić information content (AvgIpc) is 3.50. The van der Waals surface area contributed by atoms with E-state index >= 15 is 0 Å². The van der Waals surface area contributed by atoms with E-state index in [4.69, 9.17) is 22.1 Å². The molecule has 1 saturated heterocycles. The maximum absolute atomic E-state index is 13.5. The summed E-state index contributed by atoms with van der Waals surface area (Å²) >= 11 is 5.85. The number of halogens is 1. The minimum Gasteiger partial charge on any atom is -0.376 e. The molecule has 0 spiro atoms. The van der Waals surface area contributed by atoms with Crippen LogP contribution in [0.2, 0.25) is 0 Å². The molecule has 5 rings (SSSR count). The second kappa shape index (κ2) is 8.65. The van der Waals surface area contributed by atoms with Gasteiger partial charge in [-0.15, -0.1) is 0 Å². The van der Waals surface area contributed by atoms with Gasteiger partial charge in [0.25, 0.3) is 0 Å². The number of aryl methyl sites for hydroxylation is 1. The van der Waals surface area contributed by atoms with Crippen molar-refractivity contribution in [2.24, 2.45) is 0 Å².